The molecule has 4 nitrogen and oxygen atoms in total. The fraction of sp³-hybridized carbons (Fsp3) is 0. The standard InChI is InChI=1S/C19H16N4/c20-12-17-18(22)11-10-16(13-6-8-14(21)9-7-13)19(17)23-15-4-2-1-3-5-15/h1-11,23H,21-22H2. The number of nitriles is 1. The highest BCUT2D eigenvalue weighted by atomic mass is 14.9. The van der Waals surface area contributed by atoms with E-state index < -0.39 is 0 Å². The number of hydrogen-bond donors (Lipinski definition) is 3. The number of nitrogen functional groups attached to an aromatic ring is 2. The summed E-state index contributed by atoms with van der Waals surface area (Å²) in [5.74, 6) is 0. The van der Waals surface area contributed by atoms with Crippen LogP contribution < -0.4 is 16.8 Å². The molecule has 0 radical (unpaired) electrons. The number of benzene rings is 3. The number of nitrogens with one attached hydrogen (secondary N) is 1. The normalized spacial score (nSPS) is 10.0. The summed E-state index contributed by atoms with van der Waals surface area (Å²) in [7, 11) is 0. The summed E-state index contributed by atoms with van der Waals surface area (Å²) < 4.78 is 0. The van der Waals surface area contributed by atoms with Crippen molar-refractivity contribution in [2.75, 3.05) is 16.8 Å². The minimum atomic E-state index is 0.433. The van der Waals surface area contributed by atoms with Crippen LogP contribution in [0.5, 0.6) is 0 Å². The molecular weight excluding hydrogens is 284 g/mol. The maximum absolute atomic E-state index is 9.50. The highest BCUT2D eigenvalue weighted by Gasteiger charge is 2.13. The summed E-state index contributed by atoms with van der Waals surface area (Å²) >= 11 is 0. The van der Waals surface area contributed by atoms with Gasteiger partial charge in [0.2, 0.25) is 0 Å². The molecule has 3 aromatic carbocycles. The van der Waals surface area contributed by atoms with Crippen molar-refractivity contribution < 1.29 is 0 Å². The molecule has 4 heteroatoms. The Morgan fingerprint density at radius 3 is 2.17 bits per heavy atom. The Balaban J connectivity index is 2.16. The molecule has 0 saturated heterocycles. The second-order valence-electron chi connectivity index (χ2n) is 5.18. The van der Waals surface area contributed by atoms with Crippen LogP contribution in [-0.4, -0.2) is 0 Å². The third kappa shape index (κ3) is 2.94. The molecule has 0 aliphatic rings. The molecule has 0 heterocycles. The Kier molecular flexibility index (Phi) is 3.86. The lowest BCUT2D eigenvalue weighted by molar-refractivity contribution is 1.46. The monoisotopic (exact) mass is 300 g/mol. The molecule has 0 aliphatic carbocycles. The van der Waals surface area contributed by atoms with Gasteiger partial charge in [-0.15, -0.1) is 0 Å². The summed E-state index contributed by atoms with van der Waals surface area (Å²) in [5.41, 5.74) is 16.8. The van der Waals surface area contributed by atoms with E-state index >= 15 is 0 Å². The molecule has 0 unspecified atom stereocenters. The molecule has 0 fully saturated rings. The maximum Gasteiger partial charge on any atom is 0.104 e. The lowest BCUT2D eigenvalue weighted by Crippen LogP contribution is -2.00. The molecule has 0 aromatic heterocycles. The van der Waals surface area contributed by atoms with Crippen molar-refractivity contribution in [3.05, 3.63) is 72.3 Å². The van der Waals surface area contributed by atoms with Gasteiger partial charge in [-0.25, -0.2) is 0 Å². The molecule has 5 N–H and O–H groups in total. The van der Waals surface area contributed by atoms with Gasteiger partial charge in [0.05, 0.1) is 16.9 Å². The highest BCUT2D eigenvalue weighted by molar-refractivity contribution is 5.89. The molecule has 3 aromatic rings. The molecule has 23 heavy (non-hydrogen) atoms. The Labute approximate surface area is 135 Å². The maximum atomic E-state index is 9.50. The van der Waals surface area contributed by atoms with Gasteiger partial charge in [0, 0.05) is 16.9 Å². The number of nitrogens with two attached hydrogens (primary N) is 2. The molecule has 0 aliphatic heterocycles. The predicted molar refractivity (Wildman–Crippen MR) is 95.1 cm³/mol. The number of hydrogen-bond acceptors (Lipinski definition) is 4. The lowest BCUT2D eigenvalue weighted by atomic mass is 9.98. The Morgan fingerprint density at radius 2 is 1.52 bits per heavy atom. The molecule has 0 amide bonds. The van der Waals surface area contributed by atoms with Crippen LogP contribution in [0.2, 0.25) is 0 Å². The van der Waals surface area contributed by atoms with E-state index in [1.165, 1.54) is 0 Å². The van der Waals surface area contributed by atoms with E-state index in [4.69, 9.17) is 11.5 Å². The smallest absolute Gasteiger partial charge is 0.104 e. The van der Waals surface area contributed by atoms with E-state index in [9.17, 15) is 5.26 Å². The first kappa shape index (κ1) is 14.5. The summed E-state index contributed by atoms with van der Waals surface area (Å²) in [6, 6.07) is 23.1. The fourth-order valence-corrected chi connectivity index (χ4v) is 2.44. The number of nitrogens with zero attached hydrogens (tertiary/aromatic N) is 1. The molecule has 112 valence electrons. The van der Waals surface area contributed by atoms with Gasteiger partial charge in [-0.1, -0.05) is 36.4 Å². The molecule has 0 saturated carbocycles. The van der Waals surface area contributed by atoms with Crippen LogP contribution in [0, 0.1) is 11.3 Å². The molecule has 0 bridgehead atoms. The second kappa shape index (κ2) is 6.12. The van der Waals surface area contributed by atoms with Crippen LogP contribution in [0.4, 0.5) is 22.7 Å². The van der Waals surface area contributed by atoms with Gasteiger partial charge in [0.25, 0.3) is 0 Å². The van der Waals surface area contributed by atoms with Crippen molar-refractivity contribution in [1.29, 1.82) is 5.26 Å². The Morgan fingerprint density at radius 1 is 0.826 bits per heavy atom. The number of rotatable bonds is 3. The third-order valence-electron chi connectivity index (χ3n) is 3.61. The fourth-order valence-electron chi connectivity index (χ4n) is 2.44. The summed E-state index contributed by atoms with van der Waals surface area (Å²) in [4.78, 5) is 0. The van der Waals surface area contributed by atoms with Gasteiger partial charge in [-0.05, 0) is 35.9 Å². The van der Waals surface area contributed by atoms with Gasteiger partial charge in [0.15, 0.2) is 0 Å². The van der Waals surface area contributed by atoms with Crippen molar-refractivity contribution in [1.82, 2.24) is 0 Å². The quantitative estimate of drug-likeness (QED) is 0.634. The zero-order valence-corrected chi connectivity index (χ0v) is 12.5. The van der Waals surface area contributed by atoms with Gasteiger partial charge < -0.3 is 16.8 Å². The molecule has 0 spiro atoms. The van der Waals surface area contributed by atoms with Crippen LogP contribution in [0.3, 0.4) is 0 Å². The van der Waals surface area contributed by atoms with Crippen LogP contribution >= 0.6 is 0 Å². The van der Waals surface area contributed by atoms with Crippen LogP contribution in [0.1, 0.15) is 5.56 Å². The summed E-state index contributed by atoms with van der Waals surface area (Å²) in [6.45, 7) is 0. The molecule has 3 rings (SSSR count). The first-order valence-corrected chi connectivity index (χ1v) is 7.19. The third-order valence-corrected chi connectivity index (χ3v) is 3.61. The Bertz CT molecular complexity index is 862. The van der Waals surface area contributed by atoms with Crippen LogP contribution in [0.25, 0.3) is 11.1 Å². The van der Waals surface area contributed by atoms with E-state index in [0.717, 1.165) is 16.8 Å². The largest absolute Gasteiger partial charge is 0.399 e. The van der Waals surface area contributed by atoms with Crippen molar-refractivity contribution in [3.8, 4) is 17.2 Å². The van der Waals surface area contributed by atoms with Crippen LogP contribution in [-0.2, 0) is 0 Å². The van der Waals surface area contributed by atoms with Crippen molar-refractivity contribution >= 4 is 22.7 Å². The van der Waals surface area contributed by atoms with E-state index in [1.807, 2.05) is 60.7 Å². The van der Waals surface area contributed by atoms with Crippen molar-refractivity contribution in [2.24, 2.45) is 0 Å². The zero-order chi connectivity index (χ0) is 16.2. The van der Waals surface area contributed by atoms with Crippen molar-refractivity contribution in [2.45, 2.75) is 0 Å². The average molecular weight is 300 g/mol. The summed E-state index contributed by atoms with van der Waals surface area (Å²) in [6.07, 6.45) is 0. The zero-order valence-electron chi connectivity index (χ0n) is 12.5. The number of anilines is 4. The first-order valence-electron chi connectivity index (χ1n) is 7.19. The Hall–Kier alpha value is -3.45. The van der Waals surface area contributed by atoms with E-state index in [-0.39, 0.29) is 0 Å². The minimum absolute atomic E-state index is 0.433. The lowest BCUT2D eigenvalue weighted by Gasteiger charge is -2.16. The first-order chi connectivity index (χ1) is 11.2. The van der Waals surface area contributed by atoms with Gasteiger partial charge in [0.1, 0.15) is 6.07 Å². The highest BCUT2D eigenvalue weighted by Crippen LogP contribution is 2.36. The second-order valence-corrected chi connectivity index (χ2v) is 5.18. The van der Waals surface area contributed by atoms with Gasteiger partial charge in [-0.3, -0.25) is 0 Å². The topological polar surface area (TPSA) is 87.9 Å². The molecule has 0 atom stereocenters. The van der Waals surface area contributed by atoms with Gasteiger partial charge >= 0.3 is 0 Å². The minimum Gasteiger partial charge on any atom is -0.399 e. The number of para-hydroxylation sites is 1. The van der Waals surface area contributed by atoms with Crippen LogP contribution in [0.15, 0.2) is 66.7 Å². The van der Waals surface area contributed by atoms with Gasteiger partial charge in [-0.2, -0.15) is 5.26 Å². The predicted octanol–water partition coefficient (Wildman–Crippen LogP) is 4.13. The van der Waals surface area contributed by atoms with Crippen molar-refractivity contribution in [3.63, 3.8) is 0 Å². The SMILES string of the molecule is N#Cc1c(N)ccc(-c2ccc(N)cc2)c1Nc1ccccc1. The van der Waals surface area contributed by atoms with E-state index in [2.05, 4.69) is 11.4 Å². The average Bonchev–Trinajstić information content (AvgIpc) is 2.57. The van der Waals surface area contributed by atoms with E-state index in [0.29, 0.717) is 22.6 Å². The van der Waals surface area contributed by atoms with E-state index in [1.54, 1.807) is 6.07 Å². The molecular formula is C19H16N4. The summed E-state index contributed by atoms with van der Waals surface area (Å²) in [5, 5.41) is 12.8.